The van der Waals surface area contributed by atoms with E-state index < -0.39 is 24.4 Å². The zero-order valence-electron chi connectivity index (χ0n) is 16.9. The quantitative estimate of drug-likeness (QED) is 0.346. The second kappa shape index (κ2) is 10.6. The van der Waals surface area contributed by atoms with E-state index in [-0.39, 0.29) is 5.75 Å². The number of nitrogens with one attached hydrogen (secondary N) is 2. The number of aliphatic carboxylic acids is 1. The molecule has 158 valence electrons. The van der Waals surface area contributed by atoms with Gasteiger partial charge in [-0.1, -0.05) is 18.2 Å². The predicted octanol–water partition coefficient (Wildman–Crippen LogP) is 2.25. The average molecular weight is 413 g/mol. The molecule has 9 nitrogen and oxygen atoms in total. The number of rotatable bonds is 8. The first-order valence-corrected chi connectivity index (χ1v) is 9.13. The van der Waals surface area contributed by atoms with Crippen molar-refractivity contribution in [2.24, 2.45) is 5.10 Å². The molecule has 0 aliphatic carbocycles. The normalized spacial score (nSPS) is 10.5. The lowest BCUT2D eigenvalue weighted by Gasteiger charge is -2.11. The van der Waals surface area contributed by atoms with Crippen LogP contribution >= 0.6 is 0 Å². The van der Waals surface area contributed by atoms with E-state index in [9.17, 15) is 14.4 Å². The summed E-state index contributed by atoms with van der Waals surface area (Å²) in [7, 11) is 0. The molecule has 0 fully saturated rings. The van der Waals surface area contributed by atoms with E-state index in [1.165, 1.54) is 12.3 Å². The number of hydrazone groups is 1. The molecule has 0 aromatic heterocycles. The number of aryl methyl sites for hydroxylation is 2. The van der Waals surface area contributed by atoms with Crippen molar-refractivity contribution < 1.29 is 29.0 Å². The number of ether oxygens (including phenoxy) is 2. The molecule has 0 aliphatic rings. The van der Waals surface area contributed by atoms with Gasteiger partial charge in [-0.05, 0) is 55.7 Å². The van der Waals surface area contributed by atoms with Crippen LogP contribution in [0.3, 0.4) is 0 Å². The van der Waals surface area contributed by atoms with E-state index >= 15 is 0 Å². The van der Waals surface area contributed by atoms with Crippen molar-refractivity contribution in [1.82, 2.24) is 5.43 Å². The summed E-state index contributed by atoms with van der Waals surface area (Å²) in [4.78, 5) is 34.7. The van der Waals surface area contributed by atoms with E-state index in [0.717, 1.165) is 11.1 Å². The molecule has 3 N–H and O–H groups in total. The molecule has 2 aromatic rings. The smallest absolute Gasteiger partial charge is 0.341 e. The number of carbonyl (C=O) groups is 3. The van der Waals surface area contributed by atoms with E-state index in [1.54, 1.807) is 19.1 Å². The number of benzene rings is 2. The Balaban J connectivity index is 2.01. The Morgan fingerprint density at radius 3 is 2.37 bits per heavy atom. The van der Waals surface area contributed by atoms with Crippen LogP contribution in [0.15, 0.2) is 41.5 Å². The maximum atomic E-state index is 12.1. The highest BCUT2D eigenvalue weighted by Crippen LogP contribution is 2.28. The fourth-order valence-corrected chi connectivity index (χ4v) is 2.53. The van der Waals surface area contributed by atoms with Gasteiger partial charge in [0.15, 0.2) is 18.1 Å². The van der Waals surface area contributed by atoms with Crippen LogP contribution < -0.4 is 20.2 Å². The minimum Gasteiger partial charge on any atom is -0.490 e. The number of carboxylic acid groups (broad SMARTS) is 1. The molecule has 0 heterocycles. The van der Waals surface area contributed by atoms with E-state index in [4.69, 9.17) is 14.6 Å². The van der Waals surface area contributed by atoms with Crippen LogP contribution in [0.25, 0.3) is 0 Å². The molecular formula is C21H23N3O6. The van der Waals surface area contributed by atoms with Crippen molar-refractivity contribution in [3.05, 3.63) is 53.1 Å². The summed E-state index contributed by atoms with van der Waals surface area (Å²) in [6.07, 6.45) is 1.33. The molecule has 9 heteroatoms. The van der Waals surface area contributed by atoms with Crippen LogP contribution in [-0.4, -0.2) is 42.3 Å². The van der Waals surface area contributed by atoms with Crippen LogP contribution in [0.4, 0.5) is 5.69 Å². The number of hydrogen-bond donors (Lipinski definition) is 3. The van der Waals surface area contributed by atoms with Gasteiger partial charge in [0, 0.05) is 5.69 Å². The molecule has 0 saturated heterocycles. The minimum absolute atomic E-state index is 0.272. The number of amides is 2. The molecule has 2 rings (SSSR count). The van der Waals surface area contributed by atoms with Gasteiger partial charge < -0.3 is 19.9 Å². The second-order valence-corrected chi connectivity index (χ2v) is 6.24. The molecule has 0 bridgehead atoms. The van der Waals surface area contributed by atoms with Crippen molar-refractivity contribution in [2.75, 3.05) is 18.5 Å². The van der Waals surface area contributed by atoms with Crippen LogP contribution in [0.1, 0.15) is 23.6 Å². The molecule has 2 amide bonds. The third kappa shape index (κ3) is 6.33. The number of carbonyl (C=O) groups excluding carboxylic acids is 2. The van der Waals surface area contributed by atoms with E-state index in [0.29, 0.717) is 23.6 Å². The van der Waals surface area contributed by atoms with E-state index in [2.05, 4.69) is 15.8 Å². The molecular weight excluding hydrogens is 390 g/mol. The fourth-order valence-electron chi connectivity index (χ4n) is 2.53. The lowest BCUT2D eigenvalue weighted by molar-refractivity contribution is -0.139. The van der Waals surface area contributed by atoms with E-state index in [1.807, 2.05) is 32.0 Å². The Morgan fingerprint density at radius 1 is 1.03 bits per heavy atom. The number of carboxylic acids is 1. The predicted molar refractivity (Wildman–Crippen MR) is 111 cm³/mol. The first-order chi connectivity index (χ1) is 14.3. The van der Waals surface area contributed by atoms with Crippen molar-refractivity contribution in [1.29, 1.82) is 0 Å². The minimum atomic E-state index is -1.11. The van der Waals surface area contributed by atoms with Gasteiger partial charge in [0.25, 0.3) is 0 Å². The van der Waals surface area contributed by atoms with Gasteiger partial charge >= 0.3 is 17.8 Å². The Bertz CT molecular complexity index is 951. The van der Waals surface area contributed by atoms with Crippen molar-refractivity contribution in [2.45, 2.75) is 20.8 Å². The summed E-state index contributed by atoms with van der Waals surface area (Å²) in [5, 5.41) is 15.1. The topological polar surface area (TPSA) is 126 Å². The van der Waals surface area contributed by atoms with Gasteiger partial charge in [0.1, 0.15) is 0 Å². The highest BCUT2D eigenvalue weighted by atomic mass is 16.5. The first kappa shape index (κ1) is 22.4. The highest BCUT2D eigenvalue weighted by Gasteiger charge is 2.15. The molecule has 2 aromatic carbocycles. The third-order valence-electron chi connectivity index (χ3n) is 3.92. The maximum Gasteiger partial charge on any atom is 0.341 e. The molecule has 0 atom stereocenters. The molecule has 0 radical (unpaired) electrons. The summed E-state index contributed by atoms with van der Waals surface area (Å²) in [5.74, 6) is -2.25. The van der Waals surface area contributed by atoms with Crippen LogP contribution in [0.2, 0.25) is 0 Å². The van der Waals surface area contributed by atoms with Gasteiger partial charge in [0.05, 0.1) is 12.8 Å². The Kier molecular flexibility index (Phi) is 7.92. The summed E-state index contributed by atoms with van der Waals surface area (Å²) in [5.41, 5.74) is 4.98. The van der Waals surface area contributed by atoms with Gasteiger partial charge in [-0.2, -0.15) is 5.10 Å². The van der Waals surface area contributed by atoms with Crippen molar-refractivity contribution >= 4 is 29.7 Å². The Labute approximate surface area is 173 Å². The average Bonchev–Trinajstić information content (AvgIpc) is 2.70. The summed E-state index contributed by atoms with van der Waals surface area (Å²) >= 11 is 0. The summed E-state index contributed by atoms with van der Waals surface area (Å²) < 4.78 is 10.6. The monoisotopic (exact) mass is 413 g/mol. The molecule has 0 unspecified atom stereocenters. The van der Waals surface area contributed by atoms with Crippen molar-refractivity contribution in [3.8, 4) is 11.5 Å². The molecule has 0 spiro atoms. The third-order valence-corrected chi connectivity index (χ3v) is 3.92. The summed E-state index contributed by atoms with van der Waals surface area (Å²) in [6, 6.07) is 10.2. The maximum absolute atomic E-state index is 12.1. The molecule has 0 saturated carbocycles. The first-order valence-electron chi connectivity index (χ1n) is 9.13. The largest absolute Gasteiger partial charge is 0.490 e. The SMILES string of the molecule is CCOc1cc(/C=N\NC(=O)C(=O)Nc2c(C)cccc2C)ccc1OCC(=O)O. The number of anilines is 1. The highest BCUT2D eigenvalue weighted by molar-refractivity contribution is 6.39. The van der Waals surface area contributed by atoms with Gasteiger partial charge in [-0.3, -0.25) is 9.59 Å². The van der Waals surface area contributed by atoms with Crippen LogP contribution in [0, 0.1) is 13.8 Å². The Hall–Kier alpha value is -3.88. The summed E-state index contributed by atoms with van der Waals surface area (Å²) in [6.45, 7) is 5.28. The zero-order chi connectivity index (χ0) is 22.1. The van der Waals surface area contributed by atoms with Crippen molar-refractivity contribution in [3.63, 3.8) is 0 Å². The van der Waals surface area contributed by atoms with Gasteiger partial charge in [-0.25, -0.2) is 10.2 Å². The van der Waals surface area contributed by atoms with Crippen LogP contribution in [-0.2, 0) is 14.4 Å². The standard InChI is InChI=1S/C21H23N3O6/c1-4-29-17-10-15(8-9-16(17)30-12-18(25)26)11-22-24-21(28)20(27)23-19-13(2)6-5-7-14(19)3/h5-11H,4,12H2,1-3H3,(H,23,27)(H,24,28)(H,25,26)/b22-11-. The van der Waals surface area contributed by atoms with Gasteiger partial charge in [0.2, 0.25) is 0 Å². The number of hydrogen-bond acceptors (Lipinski definition) is 6. The lowest BCUT2D eigenvalue weighted by atomic mass is 10.1. The fraction of sp³-hybridized carbons (Fsp3) is 0.238. The number of para-hydroxylation sites is 1. The second-order valence-electron chi connectivity index (χ2n) is 6.24. The van der Waals surface area contributed by atoms with Crippen LogP contribution in [0.5, 0.6) is 11.5 Å². The number of nitrogens with zero attached hydrogens (tertiary/aromatic N) is 1. The zero-order valence-corrected chi connectivity index (χ0v) is 16.9. The Morgan fingerprint density at radius 2 is 1.73 bits per heavy atom. The molecule has 30 heavy (non-hydrogen) atoms. The molecule has 0 aliphatic heterocycles. The van der Waals surface area contributed by atoms with Gasteiger partial charge in [-0.15, -0.1) is 0 Å². The lowest BCUT2D eigenvalue weighted by Crippen LogP contribution is -2.32.